The van der Waals surface area contributed by atoms with Crippen molar-refractivity contribution in [3.63, 3.8) is 0 Å². The number of aromatic amines is 1. The average molecular weight is 693 g/mol. The molecule has 0 aliphatic rings. The van der Waals surface area contributed by atoms with Gasteiger partial charge in [-0.25, -0.2) is 18.1 Å². The molecule has 2 N–H and O–H groups in total. The first kappa shape index (κ1) is 37.8. The van der Waals surface area contributed by atoms with Gasteiger partial charge in [0.05, 0.1) is 35.8 Å². The number of carbonyl (C=O) groups excluding carboxylic acids is 2. The predicted octanol–water partition coefficient (Wildman–Crippen LogP) is -4.40. The maximum atomic E-state index is 11.5. The number of fused-ring (bicyclic) bond motifs is 1. The van der Waals surface area contributed by atoms with E-state index in [0.29, 0.717) is 22.8 Å². The van der Waals surface area contributed by atoms with E-state index in [9.17, 15) is 33.5 Å². The molecule has 0 unspecified atom stereocenters. The third kappa shape index (κ3) is 8.26. The largest absolute Gasteiger partial charge is 1.00 e. The smallest absolute Gasteiger partial charge is 0.545 e. The van der Waals surface area contributed by atoms with E-state index in [1.807, 2.05) is 26.8 Å². The van der Waals surface area contributed by atoms with Crippen LogP contribution in [-0.4, -0.2) is 56.2 Å². The zero-order valence-corrected chi connectivity index (χ0v) is 32.6. The minimum absolute atomic E-state index is 0. The van der Waals surface area contributed by atoms with Gasteiger partial charge in [-0.15, -0.1) is 15.3 Å². The van der Waals surface area contributed by atoms with Crippen LogP contribution in [0.25, 0.3) is 22.7 Å². The third-order valence-corrected chi connectivity index (χ3v) is 6.82. The van der Waals surface area contributed by atoms with Gasteiger partial charge in [-0.05, 0) is 53.6 Å². The van der Waals surface area contributed by atoms with Crippen molar-refractivity contribution in [1.29, 1.82) is 5.26 Å². The number of rotatable bonds is 8. The number of nitriles is 1. The second-order valence-electron chi connectivity index (χ2n) is 10.7. The van der Waals surface area contributed by atoms with Crippen LogP contribution in [0.4, 0.5) is 17.2 Å². The Labute approximate surface area is 347 Å². The maximum Gasteiger partial charge on any atom is 1.00 e. The Hall–Kier alpha value is -2.62. The Kier molecular flexibility index (Phi) is 12.1. The summed E-state index contributed by atoms with van der Waals surface area (Å²) in [6, 6.07) is 11.5. The number of nitrogens with zero attached hydrogens (tertiary/aromatic N) is 8. The molecule has 0 aliphatic carbocycles. The molecular weight excluding hydrogens is 671 g/mol. The van der Waals surface area contributed by atoms with Crippen molar-refractivity contribution in [3.05, 3.63) is 71.0 Å². The van der Waals surface area contributed by atoms with E-state index in [1.54, 1.807) is 24.3 Å². The van der Waals surface area contributed by atoms with E-state index in [2.05, 4.69) is 35.2 Å². The van der Waals surface area contributed by atoms with Crippen molar-refractivity contribution in [2.24, 2.45) is 10.2 Å². The van der Waals surface area contributed by atoms with Crippen LogP contribution >= 0.6 is 0 Å². The molecule has 5 rings (SSSR count). The molecule has 19 heteroatoms. The van der Waals surface area contributed by atoms with Crippen molar-refractivity contribution in [1.82, 2.24) is 29.6 Å². The van der Waals surface area contributed by atoms with Crippen molar-refractivity contribution in [2.75, 3.05) is 11.0 Å². The van der Waals surface area contributed by atoms with Crippen LogP contribution in [0.15, 0.2) is 58.9 Å². The fraction of sp³-hybridized carbons (Fsp3) is 0.185. The fourth-order valence-electron chi connectivity index (χ4n) is 4.23. The molecule has 0 aliphatic heterocycles. The molecule has 224 valence electrons. The Morgan fingerprint density at radius 2 is 1.63 bits per heavy atom. The SMILES string of the molecule is CC(C)(C)c1[nH]n2nc(-c3ccc(NS(C)(=O)=O)cc3)nc2c1N=Nc1c(C#N)cnn1-c1cc(C(=O)[O-])cc(C(=O)[O-])c1.[K+].[K+]. The van der Waals surface area contributed by atoms with E-state index < -0.39 is 38.5 Å². The topological polar surface area (TPSA) is 239 Å². The first-order chi connectivity index (χ1) is 20.6. The van der Waals surface area contributed by atoms with Crippen molar-refractivity contribution >= 4 is 44.8 Å². The first-order valence-corrected chi connectivity index (χ1v) is 14.6. The summed E-state index contributed by atoms with van der Waals surface area (Å²) in [5, 5.41) is 53.2. The van der Waals surface area contributed by atoms with Gasteiger partial charge in [-0.3, -0.25) is 9.82 Å². The summed E-state index contributed by atoms with van der Waals surface area (Å²) < 4.78 is 27.9. The monoisotopic (exact) mass is 692 g/mol. The van der Waals surface area contributed by atoms with Gasteiger partial charge in [0.25, 0.3) is 0 Å². The number of hydrogen-bond donors (Lipinski definition) is 2. The van der Waals surface area contributed by atoms with Crippen molar-refractivity contribution in [2.45, 2.75) is 26.2 Å². The van der Waals surface area contributed by atoms with Gasteiger partial charge in [0.2, 0.25) is 15.7 Å². The third-order valence-electron chi connectivity index (χ3n) is 6.21. The molecule has 2 aromatic carbocycles. The van der Waals surface area contributed by atoms with Gasteiger partial charge in [-0.1, -0.05) is 20.8 Å². The van der Waals surface area contributed by atoms with Crippen LogP contribution in [0.5, 0.6) is 0 Å². The van der Waals surface area contributed by atoms with E-state index in [4.69, 9.17) is 0 Å². The van der Waals surface area contributed by atoms with Crippen LogP contribution in [0.1, 0.15) is 52.7 Å². The summed E-state index contributed by atoms with van der Waals surface area (Å²) in [4.78, 5) is 27.7. The summed E-state index contributed by atoms with van der Waals surface area (Å²) in [6.07, 6.45) is 2.22. The van der Waals surface area contributed by atoms with Gasteiger partial charge in [-0.2, -0.15) is 15.0 Å². The summed E-state index contributed by atoms with van der Waals surface area (Å²) in [5.41, 5.74) is 0.659. The van der Waals surface area contributed by atoms with E-state index in [-0.39, 0.29) is 131 Å². The molecule has 3 aromatic heterocycles. The quantitative estimate of drug-likeness (QED) is 0.117. The summed E-state index contributed by atoms with van der Waals surface area (Å²) in [5.74, 6) is -3.06. The minimum Gasteiger partial charge on any atom is -0.545 e. The van der Waals surface area contributed by atoms with Crippen LogP contribution in [0.3, 0.4) is 0 Å². The predicted molar refractivity (Wildman–Crippen MR) is 151 cm³/mol. The molecule has 0 spiro atoms. The van der Waals surface area contributed by atoms with Crippen LogP contribution in [-0.2, 0) is 15.4 Å². The van der Waals surface area contributed by atoms with E-state index >= 15 is 0 Å². The Balaban J connectivity index is 0.00000288. The maximum absolute atomic E-state index is 11.5. The van der Waals surface area contributed by atoms with Gasteiger partial charge in [0.15, 0.2) is 17.3 Å². The van der Waals surface area contributed by atoms with E-state index in [1.165, 1.54) is 10.8 Å². The van der Waals surface area contributed by atoms with Gasteiger partial charge < -0.3 is 19.8 Å². The molecule has 0 atom stereocenters. The Morgan fingerprint density at radius 3 is 2.15 bits per heavy atom. The van der Waals surface area contributed by atoms with Crippen molar-refractivity contribution < 1.29 is 131 Å². The number of carboxylic acid groups (broad SMARTS) is 2. The van der Waals surface area contributed by atoms with Crippen LogP contribution < -0.4 is 118 Å². The first-order valence-electron chi connectivity index (χ1n) is 12.7. The van der Waals surface area contributed by atoms with Gasteiger partial charge in [0.1, 0.15) is 11.6 Å². The normalized spacial score (nSPS) is 11.5. The number of azo groups is 1. The summed E-state index contributed by atoms with van der Waals surface area (Å²) in [6.45, 7) is 5.76. The number of carboxylic acids is 2. The molecule has 0 radical (unpaired) electrons. The zero-order valence-electron chi connectivity index (χ0n) is 25.6. The number of aromatic nitrogens is 6. The second-order valence-corrected chi connectivity index (χ2v) is 12.4. The van der Waals surface area contributed by atoms with Gasteiger partial charge in [0, 0.05) is 16.7 Å². The Bertz CT molecular complexity index is 2110. The molecule has 0 bridgehead atoms. The van der Waals surface area contributed by atoms with E-state index in [0.717, 1.165) is 29.1 Å². The number of nitrogens with one attached hydrogen (secondary N) is 2. The van der Waals surface area contributed by atoms with Crippen LogP contribution in [0.2, 0.25) is 0 Å². The number of benzene rings is 2. The molecule has 0 saturated carbocycles. The molecule has 3 heterocycles. The Morgan fingerprint density at radius 1 is 1.02 bits per heavy atom. The molecule has 0 saturated heterocycles. The number of hydrogen-bond acceptors (Lipinski definition) is 12. The molecule has 46 heavy (non-hydrogen) atoms. The van der Waals surface area contributed by atoms with Crippen LogP contribution in [0, 0.1) is 11.3 Å². The number of sulfonamides is 1. The number of aromatic carboxylic acids is 2. The molecule has 0 amide bonds. The molecule has 5 aromatic rings. The number of carbonyl (C=O) groups is 2. The standard InChI is InChI=1S/C27H24N10O6S.2K/c1-27(2,3)21-20(24-30-22(34-37(24)33-21)14-5-7-18(8-6-14)35-44(4,42)43)31-32-23-17(12-28)13-29-36(23)19-10-15(25(38)39)9-16(11-19)26(40)41;;/h5-11,13,33,35H,1-4H3,(H,38,39)(H,40,41);;/q;2*+1/p-2. The number of H-pyrrole nitrogens is 1. The summed E-state index contributed by atoms with van der Waals surface area (Å²) in [7, 11) is -3.45. The minimum atomic E-state index is -3.45. The van der Waals surface area contributed by atoms with Gasteiger partial charge >= 0.3 is 103 Å². The number of anilines is 1. The fourth-order valence-corrected chi connectivity index (χ4v) is 4.79. The average Bonchev–Trinajstić information content (AvgIpc) is 3.64. The summed E-state index contributed by atoms with van der Waals surface area (Å²) >= 11 is 0. The molecule has 16 nitrogen and oxygen atoms in total. The van der Waals surface area contributed by atoms with Crippen molar-refractivity contribution in [3.8, 4) is 23.1 Å². The molecular formula is C27H22K2N10O6S. The zero-order chi connectivity index (χ0) is 32.0. The molecule has 0 fully saturated rings. The second kappa shape index (κ2) is 14.7.